The van der Waals surface area contributed by atoms with Crippen LogP contribution >= 0.6 is 11.6 Å². The zero-order valence-corrected chi connectivity index (χ0v) is 10.2. The molecule has 1 heterocycles. The Morgan fingerprint density at radius 2 is 2.41 bits per heavy atom. The van der Waals surface area contributed by atoms with E-state index in [0.29, 0.717) is 22.8 Å². The molecule has 0 saturated carbocycles. The molecule has 92 valence electrons. The summed E-state index contributed by atoms with van der Waals surface area (Å²) < 4.78 is 5.40. The van der Waals surface area contributed by atoms with Gasteiger partial charge in [0.05, 0.1) is 23.2 Å². The molecule has 3 N–H and O–H groups in total. The van der Waals surface area contributed by atoms with E-state index in [1.165, 1.54) is 0 Å². The molecule has 1 aliphatic heterocycles. The maximum absolute atomic E-state index is 11.7. The number of anilines is 2. The van der Waals surface area contributed by atoms with Crippen LogP contribution in [0.4, 0.5) is 11.4 Å². The molecule has 1 amide bonds. The normalized spacial score (nSPS) is 19.2. The molecule has 1 unspecified atom stereocenters. The van der Waals surface area contributed by atoms with Gasteiger partial charge >= 0.3 is 0 Å². The third-order valence-corrected chi connectivity index (χ3v) is 3.03. The van der Waals surface area contributed by atoms with Crippen LogP contribution in [-0.4, -0.2) is 18.6 Å². The number of hydrogen-bond acceptors (Lipinski definition) is 3. The zero-order valence-electron chi connectivity index (χ0n) is 9.41. The number of nitrogens with one attached hydrogen (secondary N) is 1. The Morgan fingerprint density at radius 1 is 1.59 bits per heavy atom. The van der Waals surface area contributed by atoms with E-state index >= 15 is 0 Å². The summed E-state index contributed by atoms with van der Waals surface area (Å²) in [5.41, 5.74) is 6.75. The van der Waals surface area contributed by atoms with Crippen LogP contribution in [0.2, 0.25) is 5.02 Å². The molecule has 1 atom stereocenters. The van der Waals surface area contributed by atoms with Crippen molar-refractivity contribution in [3.8, 4) is 0 Å². The van der Waals surface area contributed by atoms with Crippen molar-refractivity contribution < 1.29 is 9.53 Å². The van der Waals surface area contributed by atoms with Gasteiger partial charge in [0.15, 0.2) is 0 Å². The average Bonchev–Trinajstić information content (AvgIpc) is 2.76. The Labute approximate surface area is 105 Å². The Bertz CT molecular complexity index is 417. The summed E-state index contributed by atoms with van der Waals surface area (Å²) in [4.78, 5) is 11.7. The maximum Gasteiger partial charge on any atom is 0.227 e. The van der Waals surface area contributed by atoms with Crippen molar-refractivity contribution in [2.75, 3.05) is 17.7 Å². The Balaban J connectivity index is 1.95. The fourth-order valence-corrected chi connectivity index (χ4v) is 2.02. The largest absolute Gasteiger partial charge is 0.399 e. The molecular weight excluding hydrogens is 240 g/mol. The number of nitrogen functional groups attached to an aromatic ring is 1. The van der Waals surface area contributed by atoms with Crippen molar-refractivity contribution in [1.29, 1.82) is 0 Å². The van der Waals surface area contributed by atoms with E-state index in [1.54, 1.807) is 18.2 Å². The van der Waals surface area contributed by atoms with Crippen molar-refractivity contribution in [3.63, 3.8) is 0 Å². The highest BCUT2D eigenvalue weighted by molar-refractivity contribution is 6.33. The predicted molar refractivity (Wildman–Crippen MR) is 68.1 cm³/mol. The van der Waals surface area contributed by atoms with Gasteiger partial charge in [0, 0.05) is 12.3 Å². The van der Waals surface area contributed by atoms with Crippen LogP contribution in [0.1, 0.15) is 19.3 Å². The predicted octanol–water partition coefficient (Wildman–Crippen LogP) is 2.43. The molecule has 5 heteroatoms. The quantitative estimate of drug-likeness (QED) is 0.815. The molecule has 0 aromatic heterocycles. The number of nitrogens with two attached hydrogens (primary N) is 1. The van der Waals surface area contributed by atoms with E-state index in [1.807, 2.05) is 0 Å². The number of rotatable bonds is 3. The second kappa shape index (κ2) is 5.38. The standard InChI is InChI=1S/C12H15ClN2O2/c13-10-4-3-8(14)6-11(10)15-12(16)7-9-2-1-5-17-9/h3-4,6,9H,1-2,5,7,14H2,(H,15,16). The lowest BCUT2D eigenvalue weighted by Crippen LogP contribution is -2.19. The first-order valence-corrected chi connectivity index (χ1v) is 5.99. The van der Waals surface area contributed by atoms with E-state index in [2.05, 4.69) is 5.32 Å². The Morgan fingerprint density at radius 3 is 3.12 bits per heavy atom. The summed E-state index contributed by atoms with van der Waals surface area (Å²) in [7, 11) is 0. The third-order valence-electron chi connectivity index (χ3n) is 2.70. The molecule has 0 spiro atoms. The van der Waals surface area contributed by atoms with Gasteiger partial charge in [0.2, 0.25) is 5.91 Å². The van der Waals surface area contributed by atoms with E-state index in [-0.39, 0.29) is 12.0 Å². The van der Waals surface area contributed by atoms with Gasteiger partial charge in [0.25, 0.3) is 0 Å². The first-order chi connectivity index (χ1) is 8.15. The maximum atomic E-state index is 11.7. The number of halogens is 1. The number of carbonyl (C=O) groups is 1. The van der Waals surface area contributed by atoms with E-state index in [9.17, 15) is 4.79 Å². The molecule has 2 rings (SSSR count). The molecule has 1 saturated heterocycles. The lowest BCUT2D eigenvalue weighted by molar-refractivity contribution is -0.118. The highest BCUT2D eigenvalue weighted by Gasteiger charge is 2.19. The number of carbonyl (C=O) groups excluding carboxylic acids is 1. The highest BCUT2D eigenvalue weighted by Crippen LogP contribution is 2.25. The number of ether oxygens (including phenoxy) is 1. The van der Waals surface area contributed by atoms with E-state index < -0.39 is 0 Å². The van der Waals surface area contributed by atoms with Crippen molar-refractivity contribution in [1.82, 2.24) is 0 Å². The number of amides is 1. The SMILES string of the molecule is Nc1ccc(Cl)c(NC(=O)CC2CCCO2)c1. The van der Waals surface area contributed by atoms with Gasteiger partial charge in [-0.2, -0.15) is 0 Å². The van der Waals surface area contributed by atoms with Crippen LogP contribution in [0.25, 0.3) is 0 Å². The van der Waals surface area contributed by atoms with Crippen LogP contribution in [-0.2, 0) is 9.53 Å². The van der Waals surface area contributed by atoms with E-state index in [4.69, 9.17) is 22.1 Å². The number of hydrogen-bond donors (Lipinski definition) is 2. The van der Waals surface area contributed by atoms with Crippen molar-refractivity contribution in [2.24, 2.45) is 0 Å². The van der Waals surface area contributed by atoms with Crippen LogP contribution in [0.15, 0.2) is 18.2 Å². The summed E-state index contributed by atoms with van der Waals surface area (Å²) in [5.74, 6) is -0.0931. The highest BCUT2D eigenvalue weighted by atomic mass is 35.5. The monoisotopic (exact) mass is 254 g/mol. The van der Waals surface area contributed by atoms with Gasteiger partial charge in [-0.1, -0.05) is 11.6 Å². The van der Waals surface area contributed by atoms with Gasteiger partial charge in [-0.05, 0) is 31.0 Å². The van der Waals surface area contributed by atoms with Crippen molar-refractivity contribution in [2.45, 2.75) is 25.4 Å². The topological polar surface area (TPSA) is 64.3 Å². The van der Waals surface area contributed by atoms with Crippen LogP contribution in [0.5, 0.6) is 0 Å². The Hall–Kier alpha value is -1.26. The second-order valence-electron chi connectivity index (χ2n) is 4.13. The van der Waals surface area contributed by atoms with Crippen molar-refractivity contribution in [3.05, 3.63) is 23.2 Å². The fourth-order valence-electron chi connectivity index (χ4n) is 1.85. The summed E-state index contributed by atoms with van der Waals surface area (Å²) in [6.45, 7) is 0.747. The third kappa shape index (κ3) is 3.35. The molecular formula is C12H15ClN2O2. The van der Waals surface area contributed by atoms with Gasteiger partial charge in [-0.15, -0.1) is 0 Å². The van der Waals surface area contributed by atoms with Crippen LogP contribution in [0.3, 0.4) is 0 Å². The van der Waals surface area contributed by atoms with Crippen molar-refractivity contribution >= 4 is 28.9 Å². The lowest BCUT2D eigenvalue weighted by Gasteiger charge is -2.11. The molecule has 4 nitrogen and oxygen atoms in total. The molecule has 1 fully saturated rings. The molecule has 1 aromatic carbocycles. The molecule has 0 radical (unpaired) electrons. The number of benzene rings is 1. The molecule has 17 heavy (non-hydrogen) atoms. The summed E-state index contributed by atoms with van der Waals surface area (Å²) in [6, 6.07) is 5.01. The van der Waals surface area contributed by atoms with Crippen LogP contribution in [0, 0.1) is 0 Å². The van der Waals surface area contributed by atoms with Gasteiger partial charge in [-0.25, -0.2) is 0 Å². The average molecular weight is 255 g/mol. The van der Waals surface area contributed by atoms with Crippen LogP contribution < -0.4 is 11.1 Å². The molecule has 1 aromatic rings. The van der Waals surface area contributed by atoms with Gasteiger partial charge < -0.3 is 15.8 Å². The minimum Gasteiger partial charge on any atom is -0.399 e. The summed E-state index contributed by atoms with van der Waals surface area (Å²) >= 11 is 5.96. The van der Waals surface area contributed by atoms with Gasteiger partial charge in [0.1, 0.15) is 0 Å². The molecule has 0 aliphatic carbocycles. The first kappa shape index (κ1) is 12.2. The second-order valence-corrected chi connectivity index (χ2v) is 4.53. The van der Waals surface area contributed by atoms with Gasteiger partial charge in [-0.3, -0.25) is 4.79 Å². The zero-order chi connectivity index (χ0) is 12.3. The smallest absolute Gasteiger partial charge is 0.227 e. The molecule has 1 aliphatic rings. The minimum atomic E-state index is -0.0931. The van der Waals surface area contributed by atoms with E-state index in [0.717, 1.165) is 19.4 Å². The Kier molecular flexibility index (Phi) is 3.86. The minimum absolute atomic E-state index is 0.0369. The summed E-state index contributed by atoms with van der Waals surface area (Å²) in [5, 5.41) is 3.23. The summed E-state index contributed by atoms with van der Waals surface area (Å²) in [6.07, 6.45) is 2.37. The molecule has 0 bridgehead atoms. The lowest BCUT2D eigenvalue weighted by atomic mass is 10.1. The fraction of sp³-hybridized carbons (Fsp3) is 0.417. The first-order valence-electron chi connectivity index (χ1n) is 5.61.